The first-order chi connectivity index (χ1) is 15.5. The molecule has 32 heavy (non-hydrogen) atoms. The van der Waals surface area contributed by atoms with Crippen LogP contribution in [0.3, 0.4) is 0 Å². The van der Waals surface area contributed by atoms with Crippen LogP contribution in [0.1, 0.15) is 12.5 Å². The summed E-state index contributed by atoms with van der Waals surface area (Å²) in [5.74, 6) is 1.04. The molecule has 164 valence electrons. The van der Waals surface area contributed by atoms with Crippen LogP contribution >= 0.6 is 23.1 Å². The second-order valence-corrected chi connectivity index (χ2v) is 9.38. The van der Waals surface area contributed by atoms with Crippen LogP contribution in [0.15, 0.2) is 59.2 Å². The molecule has 0 bridgehead atoms. The van der Waals surface area contributed by atoms with E-state index < -0.39 is 0 Å². The number of thiophene rings is 1. The first-order valence-electron chi connectivity index (χ1n) is 9.99. The number of anilines is 1. The number of hydrogen-bond donors (Lipinski definition) is 1. The summed E-state index contributed by atoms with van der Waals surface area (Å²) in [6.07, 6.45) is 1.55. The van der Waals surface area contributed by atoms with E-state index in [-0.39, 0.29) is 11.2 Å². The molecule has 2 aromatic heterocycles. The van der Waals surface area contributed by atoms with Gasteiger partial charge >= 0.3 is 0 Å². The maximum Gasteiger partial charge on any atom is 0.237 e. The summed E-state index contributed by atoms with van der Waals surface area (Å²) in [6, 6.07) is 13.7. The minimum absolute atomic E-state index is 0.124. The van der Waals surface area contributed by atoms with Crippen LogP contribution in [0.2, 0.25) is 0 Å². The van der Waals surface area contributed by atoms with Crippen molar-refractivity contribution < 1.29 is 14.3 Å². The van der Waals surface area contributed by atoms with Gasteiger partial charge in [0.25, 0.3) is 0 Å². The molecule has 6 nitrogen and oxygen atoms in total. The van der Waals surface area contributed by atoms with Gasteiger partial charge in [-0.1, -0.05) is 41.6 Å². The number of amides is 1. The van der Waals surface area contributed by atoms with Crippen LogP contribution in [-0.4, -0.2) is 35.3 Å². The first kappa shape index (κ1) is 22.1. The van der Waals surface area contributed by atoms with E-state index in [2.05, 4.69) is 51.9 Å². The predicted octanol–water partition coefficient (Wildman–Crippen LogP) is 5.80. The molecule has 1 amide bonds. The monoisotopic (exact) mass is 465 g/mol. The third kappa shape index (κ3) is 4.56. The number of rotatable bonds is 7. The number of hydrogen-bond acceptors (Lipinski definition) is 7. The molecule has 0 fully saturated rings. The number of nitrogens with one attached hydrogen (secondary N) is 1. The molecule has 0 saturated heterocycles. The molecule has 0 saturated carbocycles. The van der Waals surface area contributed by atoms with Gasteiger partial charge in [-0.05, 0) is 31.5 Å². The van der Waals surface area contributed by atoms with Crippen molar-refractivity contribution in [2.45, 2.75) is 24.1 Å². The molecule has 0 aliphatic carbocycles. The van der Waals surface area contributed by atoms with Crippen LogP contribution in [0.25, 0.3) is 21.3 Å². The summed E-state index contributed by atoms with van der Waals surface area (Å²) in [6.45, 7) is 3.94. The molecule has 4 aromatic rings. The Kier molecular flexibility index (Phi) is 6.62. The number of ether oxygens (including phenoxy) is 2. The Morgan fingerprint density at radius 3 is 2.53 bits per heavy atom. The fraction of sp³-hybridized carbons (Fsp3) is 0.208. The van der Waals surface area contributed by atoms with E-state index in [4.69, 9.17) is 9.47 Å². The van der Waals surface area contributed by atoms with Crippen LogP contribution < -0.4 is 14.8 Å². The van der Waals surface area contributed by atoms with Crippen LogP contribution in [0, 0.1) is 6.92 Å². The van der Waals surface area contributed by atoms with E-state index in [1.165, 1.54) is 17.3 Å². The number of fused-ring (bicyclic) bond motifs is 1. The van der Waals surface area contributed by atoms with Gasteiger partial charge in [-0.15, -0.1) is 11.3 Å². The Bertz CT molecular complexity index is 1260. The van der Waals surface area contributed by atoms with Gasteiger partial charge in [-0.3, -0.25) is 4.79 Å². The van der Waals surface area contributed by atoms with E-state index in [1.807, 2.05) is 6.92 Å². The lowest BCUT2D eigenvalue weighted by Gasteiger charge is -2.14. The number of methoxy groups -OCH3 is 2. The van der Waals surface area contributed by atoms with E-state index in [0.717, 1.165) is 26.4 Å². The summed E-state index contributed by atoms with van der Waals surface area (Å²) in [4.78, 5) is 22.7. The molecule has 0 aliphatic heterocycles. The predicted molar refractivity (Wildman–Crippen MR) is 131 cm³/mol. The Morgan fingerprint density at radius 2 is 1.81 bits per heavy atom. The first-order valence-corrected chi connectivity index (χ1v) is 11.7. The summed E-state index contributed by atoms with van der Waals surface area (Å²) in [7, 11) is 3.14. The molecule has 1 unspecified atom stereocenters. The lowest BCUT2D eigenvalue weighted by atomic mass is 10.1. The quantitative estimate of drug-likeness (QED) is 0.275. The second-order valence-electron chi connectivity index (χ2n) is 7.19. The normalized spacial score (nSPS) is 11.9. The lowest BCUT2D eigenvalue weighted by Crippen LogP contribution is -2.22. The van der Waals surface area contributed by atoms with E-state index in [9.17, 15) is 4.79 Å². The molecule has 1 N–H and O–H groups in total. The Balaban J connectivity index is 1.57. The van der Waals surface area contributed by atoms with Gasteiger partial charge in [0.2, 0.25) is 5.91 Å². The highest BCUT2D eigenvalue weighted by atomic mass is 32.2. The fourth-order valence-corrected chi connectivity index (χ4v) is 5.18. The SMILES string of the molecule is COc1ccc(NC(=O)C(C)Sc2ncnc3scc(-c4ccc(C)cc4)c23)cc1OC. The van der Waals surface area contributed by atoms with Crippen molar-refractivity contribution in [3.8, 4) is 22.6 Å². The van der Waals surface area contributed by atoms with Gasteiger partial charge in [0.15, 0.2) is 11.5 Å². The Hall–Kier alpha value is -3.10. The van der Waals surface area contributed by atoms with Crippen molar-refractivity contribution >= 4 is 44.9 Å². The molecule has 0 radical (unpaired) electrons. The van der Waals surface area contributed by atoms with Crippen molar-refractivity contribution in [1.82, 2.24) is 9.97 Å². The zero-order valence-electron chi connectivity index (χ0n) is 18.2. The van der Waals surface area contributed by atoms with Gasteiger partial charge in [0.1, 0.15) is 16.2 Å². The summed E-state index contributed by atoms with van der Waals surface area (Å²) in [5, 5.41) is 6.45. The number of thioether (sulfide) groups is 1. The molecule has 0 aliphatic rings. The maximum absolute atomic E-state index is 12.9. The zero-order chi connectivity index (χ0) is 22.7. The smallest absolute Gasteiger partial charge is 0.237 e. The minimum Gasteiger partial charge on any atom is -0.493 e. The van der Waals surface area contributed by atoms with Gasteiger partial charge in [-0.2, -0.15) is 0 Å². The highest BCUT2D eigenvalue weighted by Crippen LogP contribution is 2.39. The number of carbonyl (C=O) groups excluding carboxylic acids is 1. The van der Waals surface area contributed by atoms with Crippen molar-refractivity contribution in [3.63, 3.8) is 0 Å². The van der Waals surface area contributed by atoms with Gasteiger partial charge in [-0.25, -0.2) is 9.97 Å². The molecule has 2 aromatic carbocycles. The van der Waals surface area contributed by atoms with Gasteiger partial charge < -0.3 is 14.8 Å². The summed E-state index contributed by atoms with van der Waals surface area (Å²) in [5.41, 5.74) is 4.05. The molecule has 1 atom stereocenters. The van der Waals surface area contributed by atoms with Crippen molar-refractivity contribution in [2.24, 2.45) is 0 Å². The van der Waals surface area contributed by atoms with Gasteiger partial charge in [0, 0.05) is 22.7 Å². The molecular weight excluding hydrogens is 442 g/mol. The van der Waals surface area contributed by atoms with Crippen molar-refractivity contribution in [3.05, 3.63) is 59.7 Å². The second kappa shape index (κ2) is 9.58. The standard InChI is InChI=1S/C24H23N3O3S2/c1-14-5-7-16(8-6-14)18-12-31-23-21(18)24(26-13-25-23)32-15(2)22(28)27-17-9-10-19(29-3)20(11-17)30-4/h5-13,15H,1-4H3,(H,27,28). The molecule has 0 spiro atoms. The summed E-state index contributed by atoms with van der Waals surface area (Å²) < 4.78 is 10.6. The number of benzene rings is 2. The number of aryl methyl sites for hydroxylation is 1. The van der Waals surface area contributed by atoms with Crippen LogP contribution in [0.5, 0.6) is 11.5 Å². The van der Waals surface area contributed by atoms with E-state index in [1.54, 1.807) is 50.1 Å². The Labute approximate surface area is 195 Å². The molecule has 8 heteroatoms. The highest BCUT2D eigenvalue weighted by Gasteiger charge is 2.20. The Morgan fingerprint density at radius 1 is 1.06 bits per heavy atom. The van der Waals surface area contributed by atoms with E-state index in [0.29, 0.717) is 17.2 Å². The van der Waals surface area contributed by atoms with Crippen LogP contribution in [0.4, 0.5) is 5.69 Å². The third-order valence-corrected chi connectivity index (χ3v) is 6.99. The van der Waals surface area contributed by atoms with Crippen molar-refractivity contribution in [1.29, 1.82) is 0 Å². The largest absolute Gasteiger partial charge is 0.493 e. The average Bonchev–Trinajstić information content (AvgIpc) is 3.24. The van der Waals surface area contributed by atoms with Crippen molar-refractivity contribution in [2.75, 3.05) is 19.5 Å². The minimum atomic E-state index is -0.369. The lowest BCUT2D eigenvalue weighted by molar-refractivity contribution is -0.115. The highest BCUT2D eigenvalue weighted by molar-refractivity contribution is 8.00. The third-order valence-electron chi connectivity index (χ3n) is 5.01. The number of aromatic nitrogens is 2. The number of carbonyl (C=O) groups is 1. The maximum atomic E-state index is 12.9. The molecule has 4 rings (SSSR count). The van der Waals surface area contributed by atoms with E-state index >= 15 is 0 Å². The zero-order valence-corrected chi connectivity index (χ0v) is 19.8. The fourth-order valence-electron chi connectivity index (χ4n) is 3.26. The summed E-state index contributed by atoms with van der Waals surface area (Å²) >= 11 is 3.00. The molecular formula is C24H23N3O3S2. The average molecular weight is 466 g/mol. The molecule has 2 heterocycles. The van der Waals surface area contributed by atoms with Crippen LogP contribution in [-0.2, 0) is 4.79 Å². The number of nitrogens with zero attached hydrogens (tertiary/aromatic N) is 2. The topological polar surface area (TPSA) is 73.3 Å². The van der Waals surface area contributed by atoms with Gasteiger partial charge in [0.05, 0.1) is 24.9 Å².